The molecule has 0 amide bonds. The molecule has 0 bridgehead atoms. The number of carboxylic acid groups (broad SMARTS) is 1. The number of nitriles is 1. The van der Waals surface area contributed by atoms with Crippen LogP contribution in [0.5, 0.6) is 0 Å². The highest BCUT2D eigenvalue weighted by molar-refractivity contribution is 5.72. The first-order valence-corrected chi connectivity index (χ1v) is 4.75. The van der Waals surface area contributed by atoms with Crippen LogP contribution in [0.4, 0.5) is 0 Å². The fourth-order valence-corrected chi connectivity index (χ4v) is 1.14. The van der Waals surface area contributed by atoms with Gasteiger partial charge in [0.05, 0.1) is 19.0 Å². The van der Waals surface area contributed by atoms with Gasteiger partial charge in [0.15, 0.2) is 5.82 Å². The third-order valence-electron chi connectivity index (χ3n) is 2.04. The van der Waals surface area contributed by atoms with Crippen LogP contribution in [-0.4, -0.2) is 37.3 Å². The summed E-state index contributed by atoms with van der Waals surface area (Å²) in [6.07, 6.45) is 0.956. The van der Waals surface area contributed by atoms with E-state index in [0.717, 1.165) is 0 Å². The molecule has 16 heavy (non-hydrogen) atoms. The summed E-state index contributed by atoms with van der Waals surface area (Å²) >= 11 is 0. The predicted molar refractivity (Wildman–Crippen MR) is 52.0 cm³/mol. The van der Waals surface area contributed by atoms with Gasteiger partial charge in [0, 0.05) is 6.42 Å². The second-order valence-electron chi connectivity index (χ2n) is 3.21. The van der Waals surface area contributed by atoms with Gasteiger partial charge in [-0.1, -0.05) is 0 Å². The number of rotatable bonds is 6. The van der Waals surface area contributed by atoms with Gasteiger partial charge in [-0.15, -0.1) is 5.10 Å². The number of aromatic nitrogens is 4. The van der Waals surface area contributed by atoms with E-state index in [1.165, 1.54) is 4.68 Å². The SMILES string of the molecule is N#CCCn1nnnc1CCC(N)C(=O)O. The fraction of sp³-hybridized carbons (Fsp3) is 0.625. The van der Waals surface area contributed by atoms with Crippen LogP contribution in [0.25, 0.3) is 0 Å². The number of aryl methyl sites for hydroxylation is 2. The Morgan fingerprint density at radius 1 is 1.69 bits per heavy atom. The molecule has 0 aliphatic carbocycles. The monoisotopic (exact) mass is 224 g/mol. The highest BCUT2D eigenvalue weighted by Gasteiger charge is 2.13. The van der Waals surface area contributed by atoms with Gasteiger partial charge in [0.2, 0.25) is 0 Å². The van der Waals surface area contributed by atoms with Crippen molar-refractivity contribution in [3.05, 3.63) is 5.82 Å². The number of tetrazole rings is 1. The first-order chi connectivity index (χ1) is 7.65. The molecule has 0 saturated carbocycles. The van der Waals surface area contributed by atoms with E-state index in [1.807, 2.05) is 6.07 Å². The highest BCUT2D eigenvalue weighted by atomic mass is 16.4. The Labute approximate surface area is 91.7 Å². The molecule has 3 N–H and O–H groups in total. The van der Waals surface area contributed by atoms with Gasteiger partial charge in [0.25, 0.3) is 0 Å². The predicted octanol–water partition coefficient (Wildman–Crippen LogP) is -1.07. The van der Waals surface area contributed by atoms with E-state index in [2.05, 4.69) is 15.5 Å². The Hall–Kier alpha value is -2.01. The molecule has 1 unspecified atom stereocenters. The van der Waals surface area contributed by atoms with Crippen molar-refractivity contribution < 1.29 is 9.90 Å². The fourth-order valence-electron chi connectivity index (χ4n) is 1.14. The molecule has 1 aromatic heterocycles. The highest BCUT2D eigenvalue weighted by Crippen LogP contribution is 2.01. The van der Waals surface area contributed by atoms with Crippen LogP contribution in [0.2, 0.25) is 0 Å². The summed E-state index contributed by atoms with van der Waals surface area (Å²) in [4.78, 5) is 10.5. The van der Waals surface area contributed by atoms with Crippen LogP contribution < -0.4 is 5.73 Å². The summed E-state index contributed by atoms with van der Waals surface area (Å²) in [5.74, 6) is -0.497. The molecule has 1 rings (SSSR count). The van der Waals surface area contributed by atoms with Gasteiger partial charge in [0.1, 0.15) is 6.04 Å². The van der Waals surface area contributed by atoms with E-state index in [-0.39, 0.29) is 6.42 Å². The minimum absolute atomic E-state index is 0.266. The second-order valence-corrected chi connectivity index (χ2v) is 3.21. The van der Waals surface area contributed by atoms with Gasteiger partial charge in [-0.3, -0.25) is 4.79 Å². The average molecular weight is 224 g/mol. The van der Waals surface area contributed by atoms with Crippen molar-refractivity contribution in [2.75, 3.05) is 0 Å². The number of nitrogens with zero attached hydrogens (tertiary/aromatic N) is 5. The third kappa shape index (κ3) is 3.29. The quantitative estimate of drug-likeness (QED) is 0.628. The van der Waals surface area contributed by atoms with Crippen LogP contribution in [0, 0.1) is 11.3 Å². The maximum Gasteiger partial charge on any atom is 0.320 e. The molecule has 1 aromatic rings. The van der Waals surface area contributed by atoms with Crippen LogP contribution in [-0.2, 0) is 17.8 Å². The number of aliphatic carboxylic acids is 1. The normalized spacial score (nSPS) is 12.0. The lowest BCUT2D eigenvalue weighted by atomic mass is 10.1. The maximum atomic E-state index is 10.5. The van der Waals surface area contributed by atoms with Gasteiger partial charge in [-0.25, -0.2) is 4.68 Å². The van der Waals surface area contributed by atoms with Gasteiger partial charge < -0.3 is 10.8 Å². The van der Waals surface area contributed by atoms with Crippen LogP contribution in [0.1, 0.15) is 18.7 Å². The summed E-state index contributed by atoms with van der Waals surface area (Å²) in [5, 5.41) is 27.9. The first-order valence-electron chi connectivity index (χ1n) is 4.75. The minimum atomic E-state index is -1.05. The number of hydrogen-bond donors (Lipinski definition) is 2. The van der Waals surface area contributed by atoms with E-state index in [9.17, 15) is 4.79 Å². The summed E-state index contributed by atoms with van der Waals surface area (Å²) in [6, 6.07) is 1.07. The molecule has 0 fully saturated rings. The topological polar surface area (TPSA) is 131 Å². The number of carboxylic acids is 1. The molecule has 0 spiro atoms. The number of nitrogens with two attached hydrogens (primary N) is 1. The van der Waals surface area contributed by atoms with E-state index in [1.54, 1.807) is 0 Å². The number of hydrogen-bond acceptors (Lipinski definition) is 6. The Bertz CT molecular complexity index is 395. The van der Waals surface area contributed by atoms with Crippen LogP contribution in [0.15, 0.2) is 0 Å². The van der Waals surface area contributed by atoms with Crippen molar-refractivity contribution in [3.8, 4) is 6.07 Å². The second kappa shape index (κ2) is 5.77. The van der Waals surface area contributed by atoms with Crippen molar-refractivity contribution in [1.82, 2.24) is 20.2 Å². The van der Waals surface area contributed by atoms with Crippen LogP contribution >= 0.6 is 0 Å². The van der Waals surface area contributed by atoms with Gasteiger partial charge >= 0.3 is 5.97 Å². The summed E-state index contributed by atoms with van der Waals surface area (Å²) < 4.78 is 1.48. The molecule has 8 heteroatoms. The third-order valence-corrected chi connectivity index (χ3v) is 2.04. The molecule has 86 valence electrons. The van der Waals surface area contributed by atoms with Crippen molar-refractivity contribution in [2.24, 2.45) is 5.73 Å². The smallest absolute Gasteiger partial charge is 0.320 e. The molecular weight excluding hydrogens is 212 g/mol. The Morgan fingerprint density at radius 2 is 2.44 bits per heavy atom. The van der Waals surface area contributed by atoms with E-state index >= 15 is 0 Å². The summed E-state index contributed by atoms with van der Waals surface area (Å²) in [5.41, 5.74) is 5.35. The molecule has 0 aliphatic rings. The van der Waals surface area contributed by atoms with Gasteiger partial charge in [-0.2, -0.15) is 5.26 Å². The van der Waals surface area contributed by atoms with E-state index in [0.29, 0.717) is 25.2 Å². The molecule has 0 aliphatic heterocycles. The molecule has 1 atom stereocenters. The van der Waals surface area contributed by atoms with Crippen LogP contribution in [0.3, 0.4) is 0 Å². The first kappa shape index (κ1) is 12.1. The molecule has 0 saturated heterocycles. The summed E-state index contributed by atoms with van der Waals surface area (Å²) in [7, 11) is 0. The van der Waals surface area contributed by atoms with Crippen molar-refractivity contribution in [1.29, 1.82) is 5.26 Å². The van der Waals surface area contributed by atoms with E-state index in [4.69, 9.17) is 16.1 Å². The zero-order chi connectivity index (χ0) is 12.0. The Morgan fingerprint density at radius 3 is 3.06 bits per heavy atom. The Kier molecular flexibility index (Phi) is 4.35. The molecule has 0 radical (unpaired) electrons. The van der Waals surface area contributed by atoms with Gasteiger partial charge in [-0.05, 0) is 16.8 Å². The molecule has 1 heterocycles. The molecule has 8 nitrogen and oxygen atoms in total. The van der Waals surface area contributed by atoms with Crippen molar-refractivity contribution in [2.45, 2.75) is 31.8 Å². The molecular formula is C8H12N6O2. The lowest BCUT2D eigenvalue weighted by Crippen LogP contribution is -2.30. The Balaban J connectivity index is 2.51. The average Bonchev–Trinajstić information content (AvgIpc) is 2.70. The zero-order valence-corrected chi connectivity index (χ0v) is 8.57. The van der Waals surface area contributed by atoms with Crippen molar-refractivity contribution in [3.63, 3.8) is 0 Å². The lowest BCUT2D eigenvalue weighted by Gasteiger charge is -2.05. The maximum absolute atomic E-state index is 10.5. The largest absolute Gasteiger partial charge is 0.480 e. The van der Waals surface area contributed by atoms with E-state index < -0.39 is 12.0 Å². The minimum Gasteiger partial charge on any atom is -0.480 e. The molecule has 0 aromatic carbocycles. The number of carbonyl (C=O) groups is 1. The summed E-state index contributed by atoms with van der Waals surface area (Å²) in [6.45, 7) is 0.404. The zero-order valence-electron chi connectivity index (χ0n) is 8.57. The standard InChI is InChI=1S/C8H12N6O2/c9-4-1-5-14-7(11-12-13-14)3-2-6(10)8(15)16/h6H,1-3,5,10H2,(H,15,16). The van der Waals surface area contributed by atoms with Crippen molar-refractivity contribution >= 4 is 5.97 Å². The lowest BCUT2D eigenvalue weighted by molar-refractivity contribution is -0.138.